The maximum absolute atomic E-state index is 13.2. The number of halogens is 1. The van der Waals surface area contributed by atoms with Gasteiger partial charge in [0.1, 0.15) is 0 Å². The summed E-state index contributed by atoms with van der Waals surface area (Å²) >= 11 is 0. The molecule has 0 aromatic heterocycles. The Balaban J connectivity index is 3.23. The molecule has 1 rings (SSSR count). The second kappa shape index (κ2) is 5.81. The molecule has 0 aliphatic carbocycles. The third kappa shape index (κ3) is 3.50. The number of aliphatic hydroxyl groups excluding tert-OH is 1. The Kier molecular flexibility index (Phi) is 4.79. The van der Waals surface area contributed by atoms with E-state index in [1.807, 2.05) is 0 Å². The molecule has 0 heterocycles. The minimum absolute atomic E-state index is 0.312. The molecule has 112 valence electrons. The Morgan fingerprint density at radius 2 is 2.10 bits per heavy atom. The highest BCUT2D eigenvalue weighted by Crippen LogP contribution is 2.23. The van der Waals surface area contributed by atoms with Crippen molar-refractivity contribution in [2.45, 2.75) is 30.7 Å². The number of rotatable bonds is 6. The van der Waals surface area contributed by atoms with Crippen molar-refractivity contribution in [1.29, 1.82) is 0 Å². The van der Waals surface area contributed by atoms with E-state index in [0.717, 1.165) is 12.1 Å². The van der Waals surface area contributed by atoms with Crippen molar-refractivity contribution in [2.24, 2.45) is 0 Å². The summed E-state index contributed by atoms with van der Waals surface area (Å²) in [6, 6.07) is 2.29. The standard InChI is InChI=1S/C11H15FN2O5S/c1-3-11(2,7-15)13-20(18,19)8-4-5-9(12)10(6-8)14(16)17/h4-6,13,15H,3,7H2,1-2H3. The number of nitrogens with one attached hydrogen (secondary N) is 1. The van der Waals surface area contributed by atoms with E-state index in [1.54, 1.807) is 6.92 Å². The van der Waals surface area contributed by atoms with Gasteiger partial charge in [0, 0.05) is 6.07 Å². The molecule has 0 amide bonds. The second-order valence-corrected chi connectivity index (χ2v) is 6.23. The van der Waals surface area contributed by atoms with Crippen LogP contribution in [0.1, 0.15) is 20.3 Å². The van der Waals surface area contributed by atoms with Crippen LogP contribution in [-0.2, 0) is 10.0 Å². The molecular weight excluding hydrogens is 291 g/mol. The quantitative estimate of drug-likeness (QED) is 0.605. The highest BCUT2D eigenvalue weighted by Gasteiger charge is 2.30. The van der Waals surface area contributed by atoms with Gasteiger partial charge in [-0.05, 0) is 25.5 Å². The van der Waals surface area contributed by atoms with E-state index in [9.17, 15) is 28.0 Å². The van der Waals surface area contributed by atoms with E-state index < -0.39 is 43.5 Å². The molecule has 0 radical (unpaired) electrons. The molecule has 0 fully saturated rings. The fraction of sp³-hybridized carbons (Fsp3) is 0.455. The first-order valence-corrected chi connectivity index (χ1v) is 7.22. The van der Waals surface area contributed by atoms with Crippen LogP contribution >= 0.6 is 0 Å². The third-order valence-corrected chi connectivity index (χ3v) is 4.57. The van der Waals surface area contributed by atoms with Gasteiger partial charge in [0.2, 0.25) is 15.8 Å². The zero-order valence-corrected chi connectivity index (χ0v) is 11.8. The third-order valence-electron chi connectivity index (χ3n) is 2.93. The Labute approximate surface area is 115 Å². The van der Waals surface area contributed by atoms with Crippen molar-refractivity contribution in [3.63, 3.8) is 0 Å². The van der Waals surface area contributed by atoms with Gasteiger partial charge in [-0.2, -0.15) is 4.39 Å². The van der Waals surface area contributed by atoms with E-state index in [-0.39, 0.29) is 0 Å². The van der Waals surface area contributed by atoms with Gasteiger partial charge >= 0.3 is 5.69 Å². The first-order chi connectivity index (χ1) is 9.15. The van der Waals surface area contributed by atoms with Crippen molar-refractivity contribution in [3.05, 3.63) is 34.1 Å². The monoisotopic (exact) mass is 306 g/mol. The fourth-order valence-corrected chi connectivity index (χ4v) is 2.89. The SMILES string of the molecule is CCC(C)(CO)NS(=O)(=O)c1ccc(F)c([N+](=O)[O-])c1. The largest absolute Gasteiger partial charge is 0.394 e. The van der Waals surface area contributed by atoms with E-state index in [2.05, 4.69) is 4.72 Å². The molecule has 1 aromatic carbocycles. The first kappa shape index (κ1) is 16.5. The van der Waals surface area contributed by atoms with E-state index in [0.29, 0.717) is 12.5 Å². The first-order valence-electron chi connectivity index (χ1n) is 5.74. The Bertz CT molecular complexity index is 613. The predicted molar refractivity (Wildman–Crippen MR) is 69.2 cm³/mol. The number of aliphatic hydroxyl groups is 1. The topological polar surface area (TPSA) is 110 Å². The van der Waals surface area contributed by atoms with Crippen LogP contribution in [0.4, 0.5) is 10.1 Å². The molecule has 1 atom stereocenters. The van der Waals surface area contributed by atoms with Crippen molar-refractivity contribution < 1.29 is 22.8 Å². The van der Waals surface area contributed by atoms with E-state index >= 15 is 0 Å². The molecule has 0 saturated heterocycles. The van der Waals surface area contributed by atoms with Crippen molar-refractivity contribution in [1.82, 2.24) is 4.72 Å². The van der Waals surface area contributed by atoms with Crippen LogP contribution < -0.4 is 4.72 Å². The summed E-state index contributed by atoms with van der Waals surface area (Å²) in [5.74, 6) is -1.12. The predicted octanol–water partition coefficient (Wildman–Crippen LogP) is 1.17. The second-order valence-electron chi connectivity index (χ2n) is 4.55. The molecule has 0 saturated carbocycles. The number of hydrogen-bond acceptors (Lipinski definition) is 5. The highest BCUT2D eigenvalue weighted by molar-refractivity contribution is 7.89. The van der Waals surface area contributed by atoms with Crippen LogP contribution in [0, 0.1) is 15.9 Å². The average Bonchev–Trinajstić information content (AvgIpc) is 2.38. The lowest BCUT2D eigenvalue weighted by Gasteiger charge is -2.26. The minimum atomic E-state index is -4.10. The van der Waals surface area contributed by atoms with Crippen LogP contribution in [0.15, 0.2) is 23.1 Å². The summed E-state index contributed by atoms with van der Waals surface area (Å²) in [7, 11) is -4.10. The number of nitro benzene ring substituents is 1. The van der Waals surface area contributed by atoms with Gasteiger partial charge in [0.05, 0.1) is 22.0 Å². The van der Waals surface area contributed by atoms with Crippen LogP contribution in [0.25, 0.3) is 0 Å². The summed E-state index contributed by atoms with van der Waals surface area (Å²) in [5, 5.41) is 19.8. The van der Waals surface area contributed by atoms with Gasteiger partial charge in [-0.1, -0.05) is 6.92 Å². The smallest absolute Gasteiger partial charge is 0.306 e. The molecule has 7 nitrogen and oxygen atoms in total. The van der Waals surface area contributed by atoms with Crippen LogP contribution in [-0.4, -0.2) is 30.6 Å². The van der Waals surface area contributed by atoms with Crippen molar-refractivity contribution in [3.8, 4) is 0 Å². The number of nitrogens with zero attached hydrogens (tertiary/aromatic N) is 1. The Morgan fingerprint density at radius 3 is 2.55 bits per heavy atom. The van der Waals surface area contributed by atoms with Crippen LogP contribution in [0.2, 0.25) is 0 Å². The Morgan fingerprint density at radius 1 is 1.50 bits per heavy atom. The summed E-state index contributed by atoms with van der Waals surface area (Å²) < 4.78 is 39.6. The molecule has 2 N–H and O–H groups in total. The number of sulfonamides is 1. The lowest BCUT2D eigenvalue weighted by atomic mass is 10.0. The summed E-state index contributed by atoms with van der Waals surface area (Å²) in [6.07, 6.45) is 0.312. The zero-order valence-electron chi connectivity index (χ0n) is 11.0. The van der Waals surface area contributed by atoms with E-state index in [4.69, 9.17) is 0 Å². The average molecular weight is 306 g/mol. The van der Waals surface area contributed by atoms with Crippen LogP contribution in [0.3, 0.4) is 0 Å². The molecule has 1 unspecified atom stereocenters. The van der Waals surface area contributed by atoms with Gasteiger partial charge in [0.25, 0.3) is 0 Å². The van der Waals surface area contributed by atoms with Gasteiger partial charge in [-0.15, -0.1) is 0 Å². The minimum Gasteiger partial charge on any atom is -0.394 e. The van der Waals surface area contributed by atoms with Gasteiger partial charge in [0.15, 0.2) is 0 Å². The lowest BCUT2D eigenvalue weighted by Crippen LogP contribution is -2.48. The normalized spacial score (nSPS) is 14.8. The molecule has 0 spiro atoms. The van der Waals surface area contributed by atoms with Gasteiger partial charge in [-0.3, -0.25) is 10.1 Å². The zero-order chi connectivity index (χ0) is 15.6. The maximum Gasteiger partial charge on any atom is 0.306 e. The van der Waals surface area contributed by atoms with E-state index in [1.165, 1.54) is 6.92 Å². The summed E-state index contributed by atoms with van der Waals surface area (Å²) in [5.41, 5.74) is -2.02. The fourth-order valence-electron chi connectivity index (χ4n) is 1.40. The summed E-state index contributed by atoms with van der Waals surface area (Å²) in [4.78, 5) is 9.18. The maximum atomic E-state index is 13.2. The molecule has 0 bridgehead atoms. The molecule has 1 aromatic rings. The molecule has 0 aliphatic heterocycles. The van der Waals surface area contributed by atoms with Crippen molar-refractivity contribution in [2.75, 3.05) is 6.61 Å². The lowest BCUT2D eigenvalue weighted by molar-refractivity contribution is -0.387. The van der Waals surface area contributed by atoms with Crippen molar-refractivity contribution >= 4 is 15.7 Å². The number of nitro groups is 1. The summed E-state index contributed by atoms with van der Waals surface area (Å²) in [6.45, 7) is 2.72. The van der Waals surface area contributed by atoms with Gasteiger partial charge < -0.3 is 5.11 Å². The number of benzene rings is 1. The molecular formula is C11H15FN2O5S. The molecule has 20 heavy (non-hydrogen) atoms. The molecule has 9 heteroatoms. The number of hydrogen-bond donors (Lipinski definition) is 2. The molecule has 0 aliphatic rings. The van der Waals surface area contributed by atoms with Gasteiger partial charge in [-0.25, -0.2) is 13.1 Å². The van der Waals surface area contributed by atoms with Crippen LogP contribution in [0.5, 0.6) is 0 Å². The Hall–Kier alpha value is -1.58. The highest BCUT2D eigenvalue weighted by atomic mass is 32.2.